The van der Waals surface area contributed by atoms with Crippen LogP contribution in [0.3, 0.4) is 0 Å². The molecule has 1 nitrogen and oxygen atoms in total. The van der Waals surface area contributed by atoms with E-state index in [0.29, 0.717) is 0 Å². The Labute approximate surface area is 177 Å². The topological polar surface area (TPSA) is 3.24 Å². The van der Waals surface area contributed by atoms with Gasteiger partial charge in [-0.2, -0.15) is 0 Å². The summed E-state index contributed by atoms with van der Waals surface area (Å²) in [6.07, 6.45) is 8.96. The number of aryl methyl sites for hydroxylation is 1. The first-order chi connectivity index (χ1) is 14.8. The number of nitrogens with zero attached hydrogens (tertiary/aromatic N) is 1. The predicted molar refractivity (Wildman–Crippen MR) is 128 cm³/mol. The molecule has 0 fully saturated rings. The van der Waals surface area contributed by atoms with Gasteiger partial charge in [-0.15, -0.1) is 0 Å². The van der Waals surface area contributed by atoms with E-state index < -0.39 is 0 Å². The lowest BCUT2D eigenvalue weighted by Crippen LogP contribution is -2.14. The summed E-state index contributed by atoms with van der Waals surface area (Å²) in [5.74, 6) is 0. The van der Waals surface area contributed by atoms with Crippen LogP contribution >= 0.6 is 0 Å². The molecule has 4 aromatic carbocycles. The molecule has 0 aliphatic heterocycles. The van der Waals surface area contributed by atoms with Crippen molar-refractivity contribution in [1.82, 2.24) is 0 Å². The Balaban J connectivity index is 1.64. The molecule has 0 N–H and O–H groups in total. The van der Waals surface area contributed by atoms with Crippen LogP contribution in [0.15, 0.2) is 97.1 Å². The van der Waals surface area contributed by atoms with E-state index in [1.165, 1.54) is 55.7 Å². The molecule has 30 heavy (non-hydrogen) atoms. The van der Waals surface area contributed by atoms with Crippen LogP contribution in [-0.4, -0.2) is 0 Å². The quantitative estimate of drug-likeness (QED) is 0.350. The fourth-order valence-electron chi connectivity index (χ4n) is 4.92. The highest BCUT2D eigenvalue weighted by Crippen LogP contribution is 2.45. The highest BCUT2D eigenvalue weighted by atomic mass is 15.1. The summed E-state index contributed by atoms with van der Waals surface area (Å²) in [5, 5.41) is 2.77. The largest absolute Gasteiger partial charge is 0.310 e. The minimum Gasteiger partial charge on any atom is -0.310 e. The number of benzene rings is 4. The second-order valence-corrected chi connectivity index (χ2v) is 8.24. The molecule has 144 valence electrons. The first kappa shape index (κ1) is 17.3. The van der Waals surface area contributed by atoms with Crippen molar-refractivity contribution in [2.75, 3.05) is 4.90 Å². The van der Waals surface area contributed by atoms with Crippen molar-refractivity contribution < 1.29 is 0 Å². The summed E-state index contributed by atoms with van der Waals surface area (Å²) >= 11 is 0. The minimum atomic E-state index is 0.956. The Kier molecular flexibility index (Phi) is 3.89. The molecular weight excluding hydrogens is 362 g/mol. The highest BCUT2D eigenvalue weighted by molar-refractivity contribution is 6.05. The molecule has 6 rings (SSSR count). The van der Waals surface area contributed by atoms with Gasteiger partial charge in [0.05, 0.1) is 5.69 Å². The van der Waals surface area contributed by atoms with Crippen LogP contribution in [0.1, 0.15) is 22.3 Å². The number of hydrogen-bond acceptors (Lipinski definition) is 1. The van der Waals surface area contributed by atoms with Gasteiger partial charge >= 0.3 is 0 Å². The lowest BCUT2D eigenvalue weighted by Gasteiger charge is -2.31. The standard InChI is InChI=1S/C29H23N/c1-20-10-16-25(17-11-20)30(24-8-3-2-4-9-24)27-19-15-23-13-12-21-6-5-7-22-14-18-26(27)29(23)28(21)22/h2-5,7-17,19H,6,18H2,1H3. The molecule has 1 heteroatoms. The lowest BCUT2D eigenvalue weighted by atomic mass is 9.81. The van der Waals surface area contributed by atoms with Gasteiger partial charge in [0.15, 0.2) is 0 Å². The second-order valence-electron chi connectivity index (χ2n) is 8.24. The zero-order valence-electron chi connectivity index (χ0n) is 17.1. The van der Waals surface area contributed by atoms with Crippen molar-refractivity contribution >= 4 is 33.4 Å². The number of para-hydroxylation sites is 1. The molecule has 0 atom stereocenters. The molecule has 4 aromatic rings. The van der Waals surface area contributed by atoms with Crippen LogP contribution in [-0.2, 0) is 12.8 Å². The molecule has 0 aromatic heterocycles. The zero-order chi connectivity index (χ0) is 20.1. The number of anilines is 3. The van der Waals surface area contributed by atoms with E-state index in [1.807, 2.05) is 0 Å². The van der Waals surface area contributed by atoms with Gasteiger partial charge in [-0.25, -0.2) is 0 Å². The maximum absolute atomic E-state index is 2.41. The van der Waals surface area contributed by atoms with E-state index in [9.17, 15) is 0 Å². The monoisotopic (exact) mass is 385 g/mol. The van der Waals surface area contributed by atoms with Crippen LogP contribution in [0.25, 0.3) is 16.3 Å². The Morgan fingerprint density at radius 2 is 1.50 bits per heavy atom. The van der Waals surface area contributed by atoms with Gasteiger partial charge in [-0.3, -0.25) is 0 Å². The van der Waals surface area contributed by atoms with Crippen molar-refractivity contribution in [3.63, 3.8) is 0 Å². The van der Waals surface area contributed by atoms with Gasteiger partial charge in [0.1, 0.15) is 0 Å². The first-order valence-corrected chi connectivity index (χ1v) is 10.7. The highest BCUT2D eigenvalue weighted by Gasteiger charge is 2.24. The van der Waals surface area contributed by atoms with E-state index in [0.717, 1.165) is 12.8 Å². The molecule has 0 heterocycles. The fourth-order valence-corrected chi connectivity index (χ4v) is 4.92. The average Bonchev–Trinajstić information content (AvgIpc) is 2.80. The van der Waals surface area contributed by atoms with Crippen molar-refractivity contribution in [2.45, 2.75) is 19.8 Å². The molecule has 0 amide bonds. The van der Waals surface area contributed by atoms with Crippen molar-refractivity contribution in [3.05, 3.63) is 119 Å². The predicted octanol–water partition coefficient (Wildman–Crippen LogP) is 7.67. The molecule has 0 saturated heterocycles. The third-order valence-corrected chi connectivity index (χ3v) is 6.35. The smallest absolute Gasteiger partial charge is 0.0503 e. The van der Waals surface area contributed by atoms with Crippen molar-refractivity contribution in [2.24, 2.45) is 0 Å². The Morgan fingerprint density at radius 3 is 2.33 bits per heavy atom. The fraction of sp³-hybridized carbons (Fsp3) is 0.103. The minimum absolute atomic E-state index is 0.956. The van der Waals surface area contributed by atoms with E-state index in [-0.39, 0.29) is 0 Å². The van der Waals surface area contributed by atoms with E-state index in [1.54, 1.807) is 0 Å². The maximum atomic E-state index is 2.41. The summed E-state index contributed by atoms with van der Waals surface area (Å²) in [6.45, 7) is 2.14. The van der Waals surface area contributed by atoms with E-state index in [2.05, 4.69) is 109 Å². The second kappa shape index (κ2) is 6.74. The van der Waals surface area contributed by atoms with Gasteiger partial charge in [0.2, 0.25) is 0 Å². The Hall–Kier alpha value is -3.58. The number of hydrogen-bond donors (Lipinski definition) is 0. The van der Waals surface area contributed by atoms with Gasteiger partial charge in [0, 0.05) is 11.4 Å². The summed E-state index contributed by atoms with van der Waals surface area (Å²) in [4.78, 5) is 2.41. The summed E-state index contributed by atoms with van der Waals surface area (Å²) in [6, 6.07) is 28.8. The third-order valence-electron chi connectivity index (χ3n) is 6.35. The Bertz CT molecular complexity index is 1320. The van der Waals surface area contributed by atoms with Crippen LogP contribution < -0.4 is 4.90 Å². The summed E-state index contributed by atoms with van der Waals surface area (Å²) in [5.41, 5.74) is 10.6. The molecule has 0 unspecified atom stereocenters. The third kappa shape index (κ3) is 2.63. The van der Waals surface area contributed by atoms with Crippen LogP contribution in [0.4, 0.5) is 17.1 Å². The average molecular weight is 386 g/mol. The maximum Gasteiger partial charge on any atom is 0.0503 e. The molecule has 0 bridgehead atoms. The summed E-state index contributed by atoms with van der Waals surface area (Å²) < 4.78 is 0. The van der Waals surface area contributed by atoms with Crippen LogP contribution in [0.2, 0.25) is 0 Å². The zero-order valence-corrected chi connectivity index (χ0v) is 17.1. The first-order valence-electron chi connectivity index (χ1n) is 10.7. The van der Waals surface area contributed by atoms with Gasteiger partial charge in [-0.1, -0.05) is 72.3 Å². The SMILES string of the molecule is Cc1ccc(N(c2ccccc2)c2ccc3ccc4c5c3c2CC=C5C=CC4)cc1. The van der Waals surface area contributed by atoms with Crippen LogP contribution in [0, 0.1) is 6.92 Å². The molecule has 0 spiro atoms. The normalized spacial score (nSPS) is 14.0. The number of rotatable bonds is 3. The number of allylic oxidation sites excluding steroid dienone is 4. The molecule has 2 aliphatic carbocycles. The molecule has 0 saturated carbocycles. The van der Waals surface area contributed by atoms with Crippen LogP contribution in [0.5, 0.6) is 0 Å². The van der Waals surface area contributed by atoms with E-state index in [4.69, 9.17) is 0 Å². The summed E-state index contributed by atoms with van der Waals surface area (Å²) in [7, 11) is 0. The van der Waals surface area contributed by atoms with Gasteiger partial charge in [0.25, 0.3) is 0 Å². The molecule has 2 aliphatic rings. The lowest BCUT2D eigenvalue weighted by molar-refractivity contribution is 1.17. The van der Waals surface area contributed by atoms with Crippen molar-refractivity contribution in [3.8, 4) is 0 Å². The van der Waals surface area contributed by atoms with Crippen molar-refractivity contribution in [1.29, 1.82) is 0 Å². The van der Waals surface area contributed by atoms with Gasteiger partial charge in [-0.05, 0) is 83.1 Å². The van der Waals surface area contributed by atoms with E-state index >= 15 is 0 Å². The molecule has 0 radical (unpaired) electrons. The van der Waals surface area contributed by atoms with Gasteiger partial charge < -0.3 is 4.90 Å². The molecular formula is C29H23N. The Morgan fingerprint density at radius 1 is 0.733 bits per heavy atom.